The summed E-state index contributed by atoms with van der Waals surface area (Å²) in [6.45, 7) is 1.84. The molecule has 1 aromatic carbocycles. The van der Waals surface area contributed by atoms with Crippen LogP contribution in [0.1, 0.15) is 16.2 Å². The van der Waals surface area contributed by atoms with Crippen LogP contribution in [0.15, 0.2) is 66.4 Å². The van der Waals surface area contributed by atoms with Gasteiger partial charge in [0.1, 0.15) is 11.3 Å². The minimum atomic E-state index is -0.186. The van der Waals surface area contributed by atoms with Crippen LogP contribution in [0.25, 0.3) is 21.9 Å². The second kappa shape index (κ2) is 6.07. The van der Waals surface area contributed by atoms with Gasteiger partial charge in [-0.25, -0.2) is 9.97 Å². The first-order valence-corrected chi connectivity index (χ1v) is 9.35. The summed E-state index contributed by atoms with van der Waals surface area (Å²) in [6.07, 6.45) is 5.82. The largest absolute Gasteiger partial charge is 0.321 e. The van der Waals surface area contributed by atoms with E-state index in [2.05, 4.69) is 15.3 Å². The van der Waals surface area contributed by atoms with Crippen molar-refractivity contribution in [1.29, 1.82) is 0 Å². The maximum atomic E-state index is 12.9. The first-order valence-electron chi connectivity index (χ1n) is 8.47. The molecule has 132 valence electrons. The number of carbonyl (C=O) groups is 1. The van der Waals surface area contributed by atoms with Crippen molar-refractivity contribution in [3.63, 3.8) is 0 Å². The molecule has 5 rings (SSSR count). The van der Waals surface area contributed by atoms with Gasteiger partial charge in [0.15, 0.2) is 4.96 Å². The van der Waals surface area contributed by atoms with Gasteiger partial charge in [-0.2, -0.15) is 0 Å². The van der Waals surface area contributed by atoms with Gasteiger partial charge in [0, 0.05) is 35.2 Å². The summed E-state index contributed by atoms with van der Waals surface area (Å²) in [5, 5.41) is 4.98. The Labute approximate surface area is 158 Å². The Morgan fingerprint density at radius 1 is 1.11 bits per heavy atom. The molecular weight excluding hydrogens is 358 g/mol. The predicted molar refractivity (Wildman–Crippen MR) is 106 cm³/mol. The smallest absolute Gasteiger partial charge is 0.274 e. The average Bonchev–Trinajstić information content (AvgIpc) is 3.33. The minimum Gasteiger partial charge on any atom is -0.321 e. The van der Waals surface area contributed by atoms with E-state index in [1.807, 2.05) is 77.8 Å². The van der Waals surface area contributed by atoms with Gasteiger partial charge in [-0.15, -0.1) is 11.3 Å². The Morgan fingerprint density at radius 3 is 2.93 bits per heavy atom. The Kier molecular flexibility index (Phi) is 3.54. The maximum Gasteiger partial charge on any atom is 0.274 e. The number of pyridine rings is 1. The lowest BCUT2D eigenvalue weighted by Crippen LogP contribution is -2.15. The SMILES string of the molecule is Cc1nc2ccccn2c1C(=O)Nc1cccc(-c2cn3ccsc3n2)c1. The van der Waals surface area contributed by atoms with Crippen LogP contribution >= 0.6 is 11.3 Å². The van der Waals surface area contributed by atoms with Gasteiger partial charge in [-0.1, -0.05) is 18.2 Å². The van der Waals surface area contributed by atoms with E-state index in [1.165, 1.54) is 0 Å². The standard InChI is InChI=1S/C20H15N5OS/c1-13-18(25-8-3-2-7-17(25)21-13)19(26)22-15-6-4-5-14(11-15)16-12-24-9-10-27-20(24)23-16/h2-12H,1H3,(H,22,26). The number of hydrogen-bond acceptors (Lipinski definition) is 4. The van der Waals surface area contributed by atoms with E-state index in [9.17, 15) is 4.79 Å². The number of rotatable bonds is 3. The summed E-state index contributed by atoms with van der Waals surface area (Å²) in [5.74, 6) is -0.186. The molecule has 1 amide bonds. The molecule has 0 saturated carbocycles. The number of aryl methyl sites for hydroxylation is 1. The number of anilines is 1. The zero-order chi connectivity index (χ0) is 18.4. The van der Waals surface area contributed by atoms with E-state index in [1.54, 1.807) is 15.7 Å². The minimum absolute atomic E-state index is 0.186. The van der Waals surface area contributed by atoms with Crippen LogP contribution < -0.4 is 5.32 Å². The third-order valence-electron chi connectivity index (χ3n) is 4.43. The highest BCUT2D eigenvalue weighted by molar-refractivity contribution is 7.15. The average molecular weight is 373 g/mol. The summed E-state index contributed by atoms with van der Waals surface area (Å²) in [7, 11) is 0. The van der Waals surface area contributed by atoms with E-state index < -0.39 is 0 Å². The number of benzene rings is 1. The van der Waals surface area contributed by atoms with Crippen LogP contribution in [-0.2, 0) is 0 Å². The van der Waals surface area contributed by atoms with Gasteiger partial charge in [0.2, 0.25) is 0 Å². The molecule has 0 spiro atoms. The first kappa shape index (κ1) is 15.8. The summed E-state index contributed by atoms with van der Waals surface area (Å²) in [6, 6.07) is 13.4. The van der Waals surface area contributed by atoms with E-state index in [0.29, 0.717) is 11.4 Å². The molecule has 0 aliphatic heterocycles. The normalized spacial score (nSPS) is 11.3. The number of fused-ring (bicyclic) bond motifs is 2. The van der Waals surface area contributed by atoms with Gasteiger partial charge >= 0.3 is 0 Å². The van der Waals surface area contributed by atoms with Gasteiger partial charge < -0.3 is 5.32 Å². The highest BCUT2D eigenvalue weighted by Crippen LogP contribution is 2.24. The number of imidazole rings is 2. The number of carbonyl (C=O) groups excluding carboxylic acids is 1. The van der Waals surface area contributed by atoms with Crippen molar-refractivity contribution >= 4 is 33.5 Å². The second-order valence-electron chi connectivity index (χ2n) is 6.23. The molecule has 0 radical (unpaired) electrons. The van der Waals surface area contributed by atoms with Crippen molar-refractivity contribution in [3.8, 4) is 11.3 Å². The van der Waals surface area contributed by atoms with E-state index >= 15 is 0 Å². The monoisotopic (exact) mass is 373 g/mol. The fourth-order valence-corrected chi connectivity index (χ4v) is 3.90. The van der Waals surface area contributed by atoms with Crippen LogP contribution in [0, 0.1) is 6.92 Å². The molecule has 0 aliphatic rings. The number of nitrogens with zero attached hydrogens (tertiary/aromatic N) is 4. The lowest BCUT2D eigenvalue weighted by Gasteiger charge is -2.07. The number of amides is 1. The zero-order valence-corrected chi connectivity index (χ0v) is 15.3. The van der Waals surface area contributed by atoms with Gasteiger partial charge in [0.25, 0.3) is 5.91 Å². The Bertz CT molecular complexity index is 1270. The van der Waals surface area contributed by atoms with Crippen LogP contribution in [0.3, 0.4) is 0 Å². The van der Waals surface area contributed by atoms with Crippen LogP contribution in [0.2, 0.25) is 0 Å². The molecule has 4 aromatic heterocycles. The molecule has 0 bridgehead atoms. The molecule has 0 aliphatic carbocycles. The summed E-state index contributed by atoms with van der Waals surface area (Å²) < 4.78 is 3.80. The van der Waals surface area contributed by atoms with E-state index in [4.69, 9.17) is 0 Å². The van der Waals surface area contributed by atoms with Crippen molar-refractivity contribution in [1.82, 2.24) is 18.8 Å². The van der Waals surface area contributed by atoms with Gasteiger partial charge in [-0.05, 0) is 31.2 Å². The summed E-state index contributed by atoms with van der Waals surface area (Å²) >= 11 is 1.59. The maximum absolute atomic E-state index is 12.9. The molecule has 7 heteroatoms. The lowest BCUT2D eigenvalue weighted by molar-refractivity contribution is 0.102. The molecule has 4 heterocycles. The van der Waals surface area contributed by atoms with Crippen LogP contribution in [-0.4, -0.2) is 24.7 Å². The van der Waals surface area contributed by atoms with Crippen molar-refractivity contribution < 1.29 is 4.79 Å². The lowest BCUT2D eigenvalue weighted by atomic mass is 10.1. The van der Waals surface area contributed by atoms with Crippen LogP contribution in [0.4, 0.5) is 5.69 Å². The number of thiazole rings is 1. The van der Waals surface area contributed by atoms with Crippen molar-refractivity contribution in [2.24, 2.45) is 0 Å². The number of aromatic nitrogens is 4. The Balaban J connectivity index is 1.47. The topological polar surface area (TPSA) is 63.7 Å². The molecule has 0 atom stereocenters. The Morgan fingerprint density at radius 2 is 2.04 bits per heavy atom. The van der Waals surface area contributed by atoms with Crippen molar-refractivity contribution in [2.75, 3.05) is 5.32 Å². The predicted octanol–water partition coefficient (Wildman–Crippen LogP) is 4.27. The number of hydrogen-bond donors (Lipinski definition) is 1. The molecule has 5 aromatic rings. The van der Waals surface area contributed by atoms with Crippen molar-refractivity contribution in [2.45, 2.75) is 6.92 Å². The fourth-order valence-electron chi connectivity index (χ4n) is 3.20. The van der Waals surface area contributed by atoms with E-state index in [0.717, 1.165) is 27.6 Å². The van der Waals surface area contributed by atoms with Crippen molar-refractivity contribution in [3.05, 3.63) is 77.8 Å². The first-order chi connectivity index (χ1) is 13.2. The molecule has 0 unspecified atom stereocenters. The third kappa shape index (κ3) is 2.69. The molecule has 6 nitrogen and oxygen atoms in total. The fraction of sp³-hybridized carbons (Fsp3) is 0.0500. The quantitative estimate of drug-likeness (QED) is 0.514. The molecule has 0 saturated heterocycles. The Hall–Kier alpha value is -3.45. The summed E-state index contributed by atoms with van der Waals surface area (Å²) in [5.41, 5.74) is 4.55. The highest BCUT2D eigenvalue weighted by atomic mass is 32.1. The third-order valence-corrected chi connectivity index (χ3v) is 5.20. The van der Waals surface area contributed by atoms with E-state index in [-0.39, 0.29) is 5.91 Å². The molecule has 27 heavy (non-hydrogen) atoms. The molecule has 1 N–H and O–H groups in total. The van der Waals surface area contributed by atoms with Crippen LogP contribution in [0.5, 0.6) is 0 Å². The zero-order valence-electron chi connectivity index (χ0n) is 14.5. The molecular formula is C20H15N5OS. The molecule has 0 fully saturated rings. The van der Waals surface area contributed by atoms with Gasteiger partial charge in [-0.3, -0.25) is 13.6 Å². The van der Waals surface area contributed by atoms with Gasteiger partial charge in [0.05, 0.1) is 11.4 Å². The second-order valence-corrected chi connectivity index (χ2v) is 7.10. The number of nitrogens with one attached hydrogen (secondary N) is 1. The summed E-state index contributed by atoms with van der Waals surface area (Å²) in [4.78, 5) is 22.9. The highest BCUT2D eigenvalue weighted by Gasteiger charge is 2.16.